The van der Waals surface area contributed by atoms with Crippen molar-refractivity contribution in [2.45, 2.75) is 70.6 Å². The van der Waals surface area contributed by atoms with Crippen LogP contribution in [0.25, 0.3) is 0 Å². The molecule has 1 fully saturated rings. The molecule has 2 N–H and O–H groups in total. The number of fused-ring (bicyclic) bond motifs is 1. The summed E-state index contributed by atoms with van der Waals surface area (Å²) in [6.45, 7) is 5.46. The third kappa shape index (κ3) is 4.24. The van der Waals surface area contributed by atoms with Crippen molar-refractivity contribution in [1.29, 1.82) is 0 Å². The van der Waals surface area contributed by atoms with Gasteiger partial charge in [-0.25, -0.2) is 9.97 Å². The molecule has 0 saturated heterocycles. The van der Waals surface area contributed by atoms with Crippen molar-refractivity contribution < 1.29 is 5.11 Å². The van der Waals surface area contributed by atoms with Crippen molar-refractivity contribution in [2.24, 2.45) is 0 Å². The van der Waals surface area contributed by atoms with Gasteiger partial charge in [0.1, 0.15) is 18.0 Å². The normalized spacial score (nSPS) is 18.3. The van der Waals surface area contributed by atoms with Gasteiger partial charge in [0.05, 0.1) is 5.60 Å². The second kappa shape index (κ2) is 7.47. The molecule has 1 aromatic heterocycles. The molecule has 0 radical (unpaired) electrons. The Morgan fingerprint density at radius 1 is 1.07 bits per heavy atom. The maximum atomic E-state index is 10.3. The minimum atomic E-state index is -0.793. The van der Waals surface area contributed by atoms with Crippen molar-refractivity contribution in [2.75, 3.05) is 16.8 Å². The fourth-order valence-electron chi connectivity index (χ4n) is 4.18. The molecule has 144 valence electrons. The Labute approximate surface area is 161 Å². The van der Waals surface area contributed by atoms with E-state index < -0.39 is 5.60 Å². The summed E-state index contributed by atoms with van der Waals surface area (Å²) in [6, 6.07) is 8.98. The van der Waals surface area contributed by atoms with Crippen LogP contribution in [0.3, 0.4) is 0 Å². The smallest absolute Gasteiger partial charge is 0.134 e. The molecular weight excluding hydrogens is 336 g/mol. The van der Waals surface area contributed by atoms with Crippen molar-refractivity contribution in [1.82, 2.24) is 9.97 Å². The predicted molar refractivity (Wildman–Crippen MR) is 109 cm³/mol. The van der Waals surface area contributed by atoms with Crippen LogP contribution in [0.2, 0.25) is 0 Å². The molecule has 1 aliphatic carbocycles. The van der Waals surface area contributed by atoms with Crippen LogP contribution >= 0.6 is 0 Å². The molecule has 2 aromatic rings. The van der Waals surface area contributed by atoms with Gasteiger partial charge in [0.15, 0.2) is 0 Å². The van der Waals surface area contributed by atoms with Crippen LogP contribution in [0.1, 0.15) is 62.6 Å². The van der Waals surface area contributed by atoms with Crippen LogP contribution in [-0.2, 0) is 18.6 Å². The first-order valence-electron chi connectivity index (χ1n) is 10.2. The zero-order valence-electron chi connectivity index (χ0n) is 16.4. The van der Waals surface area contributed by atoms with E-state index in [4.69, 9.17) is 0 Å². The Bertz CT molecular complexity index is 793. The fraction of sp³-hybridized carbons (Fsp3) is 0.545. The molecule has 0 amide bonds. The summed E-state index contributed by atoms with van der Waals surface area (Å²) >= 11 is 0. The van der Waals surface area contributed by atoms with Crippen molar-refractivity contribution in [3.8, 4) is 0 Å². The minimum absolute atomic E-state index is 0.545. The van der Waals surface area contributed by atoms with Gasteiger partial charge < -0.3 is 15.3 Å². The highest BCUT2D eigenvalue weighted by Crippen LogP contribution is 2.29. The SMILES string of the molecule is CC(C)(O)c1ccc2c(c1)CCN(c1cc(NC3CCCCC3)ncn1)C2. The highest BCUT2D eigenvalue weighted by Gasteiger charge is 2.22. The number of hydrogen-bond acceptors (Lipinski definition) is 5. The Balaban J connectivity index is 1.48. The maximum absolute atomic E-state index is 10.3. The summed E-state index contributed by atoms with van der Waals surface area (Å²) in [6.07, 6.45) is 9.09. The molecule has 0 atom stereocenters. The molecule has 1 saturated carbocycles. The van der Waals surface area contributed by atoms with Gasteiger partial charge in [-0.1, -0.05) is 37.5 Å². The zero-order chi connectivity index (χ0) is 18.9. The maximum Gasteiger partial charge on any atom is 0.134 e. The largest absolute Gasteiger partial charge is 0.386 e. The summed E-state index contributed by atoms with van der Waals surface area (Å²) in [5.41, 5.74) is 2.84. The molecule has 2 heterocycles. The number of hydrogen-bond donors (Lipinski definition) is 2. The number of nitrogens with zero attached hydrogens (tertiary/aromatic N) is 3. The molecule has 5 heteroatoms. The molecule has 27 heavy (non-hydrogen) atoms. The highest BCUT2D eigenvalue weighted by molar-refractivity contribution is 5.51. The lowest BCUT2D eigenvalue weighted by Gasteiger charge is -2.31. The second-order valence-electron chi connectivity index (χ2n) is 8.45. The summed E-state index contributed by atoms with van der Waals surface area (Å²) in [5, 5.41) is 13.8. The molecule has 1 aromatic carbocycles. The van der Waals surface area contributed by atoms with Crippen LogP contribution in [-0.4, -0.2) is 27.7 Å². The van der Waals surface area contributed by atoms with Crippen LogP contribution in [0.4, 0.5) is 11.6 Å². The molecule has 5 nitrogen and oxygen atoms in total. The van der Waals surface area contributed by atoms with E-state index in [0.29, 0.717) is 6.04 Å². The van der Waals surface area contributed by atoms with Gasteiger partial charge in [0.2, 0.25) is 0 Å². The Morgan fingerprint density at radius 3 is 2.67 bits per heavy atom. The summed E-state index contributed by atoms with van der Waals surface area (Å²) in [5.74, 6) is 1.93. The lowest BCUT2D eigenvalue weighted by molar-refractivity contribution is 0.0785. The minimum Gasteiger partial charge on any atom is -0.386 e. The molecule has 0 bridgehead atoms. The second-order valence-corrected chi connectivity index (χ2v) is 8.45. The van der Waals surface area contributed by atoms with Crippen molar-refractivity contribution >= 4 is 11.6 Å². The van der Waals surface area contributed by atoms with E-state index in [1.807, 2.05) is 19.9 Å². The van der Waals surface area contributed by atoms with Gasteiger partial charge in [-0.15, -0.1) is 0 Å². The van der Waals surface area contributed by atoms with Crippen LogP contribution in [0.15, 0.2) is 30.6 Å². The number of nitrogens with one attached hydrogen (secondary N) is 1. The Hall–Kier alpha value is -2.14. The van der Waals surface area contributed by atoms with E-state index in [0.717, 1.165) is 36.7 Å². The van der Waals surface area contributed by atoms with Crippen LogP contribution in [0, 0.1) is 0 Å². The molecule has 0 spiro atoms. The molecular formula is C22H30N4O. The third-order valence-corrected chi connectivity index (χ3v) is 5.86. The summed E-state index contributed by atoms with van der Waals surface area (Å²) in [7, 11) is 0. The molecule has 4 rings (SSSR count). The monoisotopic (exact) mass is 366 g/mol. The number of aliphatic hydroxyl groups is 1. The van der Waals surface area contributed by atoms with Crippen molar-refractivity contribution in [3.63, 3.8) is 0 Å². The standard InChI is InChI=1S/C22H30N4O/c1-22(2,27)18-9-8-17-14-26(11-10-16(17)12-18)21-13-20(23-15-24-21)25-19-6-4-3-5-7-19/h8-9,12-13,15,19,27H,3-7,10-11,14H2,1-2H3,(H,23,24,25). The predicted octanol–water partition coefficient (Wildman–Crippen LogP) is 4.01. The van der Waals surface area contributed by atoms with Crippen molar-refractivity contribution in [3.05, 3.63) is 47.3 Å². The van der Waals surface area contributed by atoms with Crippen LogP contribution in [0.5, 0.6) is 0 Å². The zero-order valence-corrected chi connectivity index (χ0v) is 16.4. The number of benzene rings is 1. The molecule has 0 unspecified atom stereocenters. The van der Waals surface area contributed by atoms with Gasteiger partial charge in [-0.05, 0) is 49.8 Å². The number of rotatable bonds is 4. The van der Waals surface area contributed by atoms with Gasteiger partial charge in [0.25, 0.3) is 0 Å². The Morgan fingerprint density at radius 2 is 1.89 bits per heavy atom. The van der Waals surface area contributed by atoms with E-state index in [1.165, 1.54) is 43.2 Å². The van der Waals surface area contributed by atoms with E-state index in [1.54, 1.807) is 6.33 Å². The van der Waals surface area contributed by atoms with Gasteiger partial charge >= 0.3 is 0 Å². The third-order valence-electron chi connectivity index (χ3n) is 5.86. The van der Waals surface area contributed by atoms with Gasteiger partial charge in [-0.3, -0.25) is 0 Å². The summed E-state index contributed by atoms with van der Waals surface area (Å²) in [4.78, 5) is 11.3. The first-order chi connectivity index (χ1) is 13.0. The van der Waals surface area contributed by atoms with E-state index in [-0.39, 0.29) is 0 Å². The van der Waals surface area contributed by atoms with E-state index >= 15 is 0 Å². The molecule has 2 aliphatic rings. The van der Waals surface area contributed by atoms with Crippen LogP contribution < -0.4 is 10.2 Å². The number of anilines is 2. The topological polar surface area (TPSA) is 61.3 Å². The lowest BCUT2D eigenvalue weighted by atomic mass is 9.91. The van der Waals surface area contributed by atoms with Gasteiger partial charge in [0, 0.05) is 25.2 Å². The van der Waals surface area contributed by atoms with E-state index in [9.17, 15) is 5.11 Å². The fourth-order valence-corrected chi connectivity index (χ4v) is 4.18. The van der Waals surface area contributed by atoms with E-state index in [2.05, 4.69) is 38.4 Å². The average molecular weight is 367 g/mol. The van der Waals surface area contributed by atoms with Gasteiger partial charge in [-0.2, -0.15) is 0 Å². The average Bonchev–Trinajstić information content (AvgIpc) is 2.67. The Kier molecular flexibility index (Phi) is 5.04. The first kappa shape index (κ1) is 18.2. The summed E-state index contributed by atoms with van der Waals surface area (Å²) < 4.78 is 0. The lowest BCUT2D eigenvalue weighted by Crippen LogP contribution is -2.32. The molecule has 1 aliphatic heterocycles. The first-order valence-corrected chi connectivity index (χ1v) is 10.2. The highest BCUT2D eigenvalue weighted by atomic mass is 16.3. The number of aromatic nitrogens is 2. The quantitative estimate of drug-likeness (QED) is 0.856.